The van der Waals surface area contributed by atoms with Gasteiger partial charge in [0, 0.05) is 17.0 Å². The zero-order valence-electron chi connectivity index (χ0n) is 9.77. The summed E-state index contributed by atoms with van der Waals surface area (Å²) < 4.78 is 0. The van der Waals surface area contributed by atoms with E-state index in [1.807, 2.05) is 25.1 Å². The molecule has 0 unspecified atom stereocenters. The summed E-state index contributed by atoms with van der Waals surface area (Å²) >= 11 is 0. The fraction of sp³-hybridized carbons (Fsp3) is 0.308. The number of rotatable bonds is 1. The number of nitrogen functional groups attached to an aromatic ring is 1. The van der Waals surface area contributed by atoms with Crippen LogP contribution in [0.1, 0.15) is 23.4 Å². The molecule has 0 spiro atoms. The van der Waals surface area contributed by atoms with Crippen LogP contribution in [0.3, 0.4) is 0 Å². The van der Waals surface area contributed by atoms with Crippen molar-refractivity contribution in [3.8, 4) is 11.5 Å². The molecule has 0 bridgehead atoms. The van der Waals surface area contributed by atoms with Gasteiger partial charge in [-0.25, -0.2) is 15.0 Å². The molecule has 0 radical (unpaired) electrons. The van der Waals surface area contributed by atoms with Gasteiger partial charge in [-0.3, -0.25) is 0 Å². The molecule has 0 saturated heterocycles. The number of nitrogens with two attached hydrogens (primary N) is 1. The molecule has 0 aliphatic heterocycles. The number of fused-ring (bicyclic) bond motifs is 1. The molecule has 0 aromatic carbocycles. The van der Waals surface area contributed by atoms with Crippen LogP contribution in [0, 0.1) is 6.92 Å². The van der Waals surface area contributed by atoms with Crippen LogP contribution in [0.2, 0.25) is 0 Å². The van der Waals surface area contributed by atoms with Crippen molar-refractivity contribution < 1.29 is 0 Å². The molecule has 2 aromatic heterocycles. The van der Waals surface area contributed by atoms with Gasteiger partial charge in [0.2, 0.25) is 0 Å². The second-order valence-corrected chi connectivity index (χ2v) is 4.38. The first-order valence-electron chi connectivity index (χ1n) is 5.83. The van der Waals surface area contributed by atoms with Gasteiger partial charge in [-0.2, -0.15) is 0 Å². The van der Waals surface area contributed by atoms with E-state index in [1.165, 1.54) is 0 Å². The van der Waals surface area contributed by atoms with Crippen molar-refractivity contribution in [3.05, 3.63) is 35.2 Å². The molecule has 0 atom stereocenters. The van der Waals surface area contributed by atoms with Crippen molar-refractivity contribution in [2.24, 2.45) is 0 Å². The van der Waals surface area contributed by atoms with Crippen molar-refractivity contribution in [2.45, 2.75) is 26.2 Å². The Balaban J connectivity index is 2.13. The van der Waals surface area contributed by atoms with Crippen LogP contribution >= 0.6 is 0 Å². The topological polar surface area (TPSA) is 64.7 Å². The molecule has 0 fully saturated rings. The van der Waals surface area contributed by atoms with E-state index < -0.39 is 0 Å². The smallest absolute Gasteiger partial charge is 0.180 e. The number of pyridine rings is 1. The summed E-state index contributed by atoms with van der Waals surface area (Å²) in [5, 5.41) is 0. The molecule has 2 heterocycles. The Morgan fingerprint density at radius 2 is 2.00 bits per heavy atom. The number of hydrogen-bond donors (Lipinski definition) is 1. The third-order valence-electron chi connectivity index (χ3n) is 3.08. The summed E-state index contributed by atoms with van der Waals surface area (Å²) in [5.41, 5.74) is 9.95. The quantitative estimate of drug-likeness (QED) is 0.806. The van der Waals surface area contributed by atoms with Crippen LogP contribution < -0.4 is 5.73 Å². The fourth-order valence-corrected chi connectivity index (χ4v) is 2.24. The Morgan fingerprint density at radius 3 is 2.82 bits per heavy atom. The van der Waals surface area contributed by atoms with E-state index in [2.05, 4.69) is 15.0 Å². The van der Waals surface area contributed by atoms with Gasteiger partial charge < -0.3 is 5.73 Å². The van der Waals surface area contributed by atoms with Crippen LogP contribution in [0.25, 0.3) is 11.5 Å². The van der Waals surface area contributed by atoms with E-state index in [0.717, 1.165) is 41.9 Å². The summed E-state index contributed by atoms with van der Waals surface area (Å²) in [7, 11) is 0. The lowest BCUT2D eigenvalue weighted by Gasteiger charge is -2.06. The van der Waals surface area contributed by atoms with E-state index in [-0.39, 0.29) is 0 Å². The normalized spacial score (nSPS) is 13.7. The molecule has 2 aromatic rings. The molecule has 0 amide bonds. The Labute approximate surface area is 99.9 Å². The van der Waals surface area contributed by atoms with Gasteiger partial charge >= 0.3 is 0 Å². The first-order chi connectivity index (χ1) is 8.24. The van der Waals surface area contributed by atoms with Gasteiger partial charge in [0.05, 0.1) is 0 Å². The Bertz CT molecular complexity index is 578. The zero-order chi connectivity index (χ0) is 11.8. The fourth-order valence-electron chi connectivity index (χ4n) is 2.24. The van der Waals surface area contributed by atoms with E-state index in [4.69, 9.17) is 5.73 Å². The Kier molecular flexibility index (Phi) is 2.28. The van der Waals surface area contributed by atoms with E-state index in [9.17, 15) is 0 Å². The van der Waals surface area contributed by atoms with Crippen molar-refractivity contribution in [1.82, 2.24) is 15.0 Å². The second-order valence-electron chi connectivity index (χ2n) is 4.38. The third kappa shape index (κ3) is 1.75. The molecule has 1 aliphatic rings. The maximum Gasteiger partial charge on any atom is 0.180 e. The van der Waals surface area contributed by atoms with Gasteiger partial charge in [0.25, 0.3) is 0 Å². The molecule has 4 heteroatoms. The van der Waals surface area contributed by atoms with Gasteiger partial charge in [0.15, 0.2) is 5.82 Å². The number of nitrogens with zero attached hydrogens (tertiary/aromatic N) is 3. The van der Waals surface area contributed by atoms with Gasteiger partial charge in [0.1, 0.15) is 11.5 Å². The third-order valence-corrected chi connectivity index (χ3v) is 3.08. The molecule has 1 aliphatic carbocycles. The maximum atomic E-state index is 5.97. The lowest BCUT2D eigenvalue weighted by molar-refractivity contribution is 0.899. The number of aromatic nitrogens is 3. The highest BCUT2D eigenvalue weighted by Gasteiger charge is 2.18. The maximum absolute atomic E-state index is 5.97. The van der Waals surface area contributed by atoms with E-state index in [1.54, 1.807) is 0 Å². The van der Waals surface area contributed by atoms with Crippen LogP contribution in [0.15, 0.2) is 18.2 Å². The van der Waals surface area contributed by atoms with Crippen molar-refractivity contribution in [2.75, 3.05) is 5.73 Å². The first kappa shape index (κ1) is 10.2. The largest absolute Gasteiger partial charge is 0.383 e. The van der Waals surface area contributed by atoms with E-state index in [0.29, 0.717) is 11.6 Å². The summed E-state index contributed by atoms with van der Waals surface area (Å²) in [6, 6.07) is 5.84. The van der Waals surface area contributed by atoms with Crippen LogP contribution in [0.4, 0.5) is 5.82 Å². The number of hydrogen-bond acceptors (Lipinski definition) is 4. The summed E-state index contributed by atoms with van der Waals surface area (Å²) in [4.78, 5) is 13.4. The van der Waals surface area contributed by atoms with Crippen LogP contribution in [-0.4, -0.2) is 15.0 Å². The van der Waals surface area contributed by atoms with E-state index >= 15 is 0 Å². The SMILES string of the molecule is Cc1cccc(-c2nc(N)c3c(n2)CCC3)n1. The summed E-state index contributed by atoms with van der Waals surface area (Å²) in [6.07, 6.45) is 3.13. The first-order valence-corrected chi connectivity index (χ1v) is 5.83. The average molecular weight is 226 g/mol. The van der Waals surface area contributed by atoms with Crippen molar-refractivity contribution >= 4 is 5.82 Å². The predicted molar refractivity (Wildman–Crippen MR) is 66.4 cm³/mol. The molecule has 17 heavy (non-hydrogen) atoms. The minimum atomic E-state index is 0.616. The number of anilines is 1. The average Bonchev–Trinajstić information content (AvgIpc) is 2.77. The van der Waals surface area contributed by atoms with Crippen LogP contribution in [-0.2, 0) is 12.8 Å². The molecular formula is C13H14N4. The lowest BCUT2D eigenvalue weighted by atomic mass is 10.2. The summed E-state index contributed by atoms with van der Waals surface area (Å²) in [6.45, 7) is 1.96. The Hall–Kier alpha value is -1.97. The molecule has 3 rings (SSSR count). The van der Waals surface area contributed by atoms with Crippen molar-refractivity contribution in [1.29, 1.82) is 0 Å². The molecule has 4 nitrogen and oxygen atoms in total. The molecule has 0 saturated carbocycles. The van der Waals surface area contributed by atoms with Crippen LogP contribution in [0.5, 0.6) is 0 Å². The van der Waals surface area contributed by atoms with Gasteiger partial charge in [-0.05, 0) is 38.3 Å². The van der Waals surface area contributed by atoms with Crippen molar-refractivity contribution in [3.63, 3.8) is 0 Å². The van der Waals surface area contributed by atoms with Gasteiger partial charge in [-0.15, -0.1) is 0 Å². The standard InChI is InChI=1S/C13H14N4/c1-8-4-2-7-11(15-8)13-16-10-6-3-5-9(10)12(14)17-13/h2,4,7H,3,5-6H2,1H3,(H2,14,16,17). The predicted octanol–water partition coefficient (Wildman–Crippen LogP) is 1.92. The summed E-state index contributed by atoms with van der Waals surface area (Å²) in [5.74, 6) is 1.26. The monoisotopic (exact) mass is 226 g/mol. The minimum absolute atomic E-state index is 0.616. The molecule has 2 N–H and O–H groups in total. The molecular weight excluding hydrogens is 212 g/mol. The highest BCUT2D eigenvalue weighted by Crippen LogP contribution is 2.26. The zero-order valence-corrected chi connectivity index (χ0v) is 9.77. The lowest BCUT2D eigenvalue weighted by Crippen LogP contribution is -2.03. The Morgan fingerprint density at radius 1 is 1.12 bits per heavy atom. The van der Waals surface area contributed by atoms with Gasteiger partial charge in [-0.1, -0.05) is 6.07 Å². The highest BCUT2D eigenvalue weighted by molar-refractivity contribution is 5.56. The number of aryl methyl sites for hydroxylation is 2. The highest BCUT2D eigenvalue weighted by atomic mass is 15.0. The molecule has 86 valence electrons. The minimum Gasteiger partial charge on any atom is -0.383 e. The second kappa shape index (κ2) is 3.80.